The van der Waals surface area contributed by atoms with E-state index in [-0.39, 0.29) is 6.04 Å². The average Bonchev–Trinajstić information content (AvgIpc) is 2.78. The first-order valence-electron chi connectivity index (χ1n) is 5.89. The van der Waals surface area contributed by atoms with E-state index in [1.54, 1.807) is 0 Å². The summed E-state index contributed by atoms with van der Waals surface area (Å²) in [5.74, 6) is 1.81. The lowest BCUT2D eigenvalue weighted by Gasteiger charge is -2.15. The molecule has 1 heterocycles. The lowest BCUT2D eigenvalue weighted by Crippen LogP contribution is -2.10. The van der Waals surface area contributed by atoms with Crippen molar-refractivity contribution in [2.45, 2.75) is 19.9 Å². The fraction of sp³-hybridized carbons (Fsp3) is 0.214. The molecular formula is C14H15BrN2OS. The Bertz CT molecular complexity index is 609. The number of nitrogens with one attached hydrogen (secondary N) is 1. The molecule has 1 aromatic carbocycles. The molecule has 0 aliphatic heterocycles. The van der Waals surface area contributed by atoms with E-state index >= 15 is 0 Å². The zero-order chi connectivity index (χ0) is 14.0. The van der Waals surface area contributed by atoms with Crippen LogP contribution in [0.2, 0.25) is 0 Å². The molecule has 0 radical (unpaired) electrons. The van der Waals surface area contributed by atoms with Crippen molar-refractivity contribution in [3.63, 3.8) is 0 Å². The smallest absolute Gasteiger partial charge is 0.126 e. The normalized spacial score (nSPS) is 12.2. The van der Waals surface area contributed by atoms with Crippen LogP contribution in [0.5, 0.6) is 0 Å². The van der Waals surface area contributed by atoms with Crippen LogP contribution >= 0.6 is 28.1 Å². The largest absolute Gasteiger partial charge is 0.464 e. The Labute approximate surface area is 126 Å². The van der Waals surface area contributed by atoms with Gasteiger partial charge in [0, 0.05) is 15.7 Å². The lowest BCUT2D eigenvalue weighted by molar-refractivity contribution is 0.467. The molecule has 0 aliphatic carbocycles. The summed E-state index contributed by atoms with van der Waals surface area (Å²) < 4.78 is 6.52. The molecule has 1 unspecified atom stereocenters. The number of rotatable bonds is 4. The first kappa shape index (κ1) is 14.1. The van der Waals surface area contributed by atoms with Crippen molar-refractivity contribution in [1.82, 2.24) is 0 Å². The Hall–Kier alpha value is -1.33. The van der Waals surface area contributed by atoms with Gasteiger partial charge in [-0.05, 0) is 60.1 Å². The number of halogens is 1. The molecule has 1 atom stereocenters. The van der Waals surface area contributed by atoms with Crippen LogP contribution in [0.4, 0.5) is 5.69 Å². The first-order valence-corrected chi connectivity index (χ1v) is 7.09. The van der Waals surface area contributed by atoms with E-state index in [4.69, 9.17) is 22.4 Å². The average molecular weight is 339 g/mol. The fourth-order valence-corrected chi connectivity index (χ4v) is 2.40. The van der Waals surface area contributed by atoms with E-state index in [0.29, 0.717) is 4.99 Å². The van der Waals surface area contributed by atoms with Crippen molar-refractivity contribution >= 4 is 38.8 Å². The minimum absolute atomic E-state index is 0.0840. The number of benzene rings is 1. The van der Waals surface area contributed by atoms with Crippen LogP contribution in [0.1, 0.15) is 30.0 Å². The van der Waals surface area contributed by atoms with Gasteiger partial charge in [-0.1, -0.05) is 12.2 Å². The molecule has 0 aliphatic rings. The van der Waals surface area contributed by atoms with Crippen LogP contribution in [0, 0.1) is 6.92 Å². The van der Waals surface area contributed by atoms with Crippen LogP contribution in [0.25, 0.3) is 0 Å². The number of nitrogens with two attached hydrogens (primary N) is 1. The van der Waals surface area contributed by atoms with Gasteiger partial charge in [-0.15, -0.1) is 0 Å². The van der Waals surface area contributed by atoms with Crippen molar-refractivity contribution in [1.29, 1.82) is 0 Å². The standard InChI is InChI=1S/C14H15BrN2OS/c1-8-3-6-13(18-8)9(2)17-12-5-4-10(14(16)19)7-11(12)15/h3-7,9,17H,1-2H3,(H2,16,19). The first-order chi connectivity index (χ1) is 8.97. The van der Waals surface area contributed by atoms with Crippen LogP contribution in [-0.4, -0.2) is 4.99 Å². The van der Waals surface area contributed by atoms with Crippen LogP contribution < -0.4 is 11.1 Å². The van der Waals surface area contributed by atoms with Crippen LogP contribution in [0.3, 0.4) is 0 Å². The van der Waals surface area contributed by atoms with Gasteiger partial charge in [-0.25, -0.2) is 0 Å². The molecule has 2 aromatic rings. The topological polar surface area (TPSA) is 51.2 Å². The summed E-state index contributed by atoms with van der Waals surface area (Å²) >= 11 is 8.47. The Morgan fingerprint density at radius 2 is 2.11 bits per heavy atom. The zero-order valence-electron chi connectivity index (χ0n) is 10.7. The number of hydrogen-bond donors (Lipinski definition) is 2. The molecule has 0 spiro atoms. The minimum atomic E-state index is 0.0840. The molecule has 3 nitrogen and oxygen atoms in total. The van der Waals surface area contributed by atoms with Gasteiger partial charge >= 0.3 is 0 Å². The molecular weight excluding hydrogens is 324 g/mol. The molecule has 100 valence electrons. The van der Waals surface area contributed by atoms with Gasteiger partial charge in [0.1, 0.15) is 16.5 Å². The Balaban J connectivity index is 2.17. The van der Waals surface area contributed by atoms with E-state index in [1.807, 2.05) is 44.2 Å². The summed E-state index contributed by atoms with van der Waals surface area (Å²) in [5.41, 5.74) is 7.42. The number of thiocarbonyl (C=S) groups is 1. The molecule has 19 heavy (non-hydrogen) atoms. The van der Waals surface area contributed by atoms with Crippen molar-refractivity contribution in [2.24, 2.45) is 5.73 Å². The number of hydrogen-bond acceptors (Lipinski definition) is 3. The predicted molar refractivity (Wildman–Crippen MR) is 85.5 cm³/mol. The second-order valence-corrected chi connectivity index (χ2v) is 5.67. The molecule has 0 saturated carbocycles. The SMILES string of the molecule is Cc1ccc(C(C)Nc2ccc(C(N)=S)cc2Br)o1. The number of aryl methyl sites for hydroxylation is 1. The van der Waals surface area contributed by atoms with Gasteiger partial charge in [0.2, 0.25) is 0 Å². The van der Waals surface area contributed by atoms with Crippen LogP contribution in [-0.2, 0) is 0 Å². The third-order valence-corrected chi connectivity index (χ3v) is 3.71. The second kappa shape index (κ2) is 5.75. The summed E-state index contributed by atoms with van der Waals surface area (Å²) in [7, 11) is 0. The predicted octanol–water partition coefficient (Wildman–Crippen LogP) is 4.16. The van der Waals surface area contributed by atoms with Gasteiger partial charge in [0.05, 0.1) is 6.04 Å². The van der Waals surface area contributed by atoms with E-state index in [0.717, 1.165) is 27.2 Å². The molecule has 2 rings (SSSR count). The van der Waals surface area contributed by atoms with Crippen molar-refractivity contribution in [3.05, 3.63) is 51.9 Å². The summed E-state index contributed by atoms with van der Waals surface area (Å²) in [6.45, 7) is 3.98. The Morgan fingerprint density at radius 3 is 2.63 bits per heavy atom. The third-order valence-electron chi connectivity index (χ3n) is 2.81. The molecule has 0 fully saturated rings. The number of furan rings is 1. The second-order valence-electron chi connectivity index (χ2n) is 4.37. The molecule has 5 heteroatoms. The van der Waals surface area contributed by atoms with Crippen LogP contribution in [0.15, 0.2) is 39.2 Å². The fourth-order valence-electron chi connectivity index (χ4n) is 1.78. The Morgan fingerprint density at radius 1 is 1.37 bits per heavy atom. The minimum Gasteiger partial charge on any atom is -0.464 e. The van der Waals surface area contributed by atoms with E-state index < -0.39 is 0 Å². The maximum atomic E-state index is 5.60. The Kier molecular flexibility index (Phi) is 4.27. The highest BCUT2D eigenvalue weighted by Gasteiger charge is 2.11. The molecule has 0 amide bonds. The highest BCUT2D eigenvalue weighted by atomic mass is 79.9. The third kappa shape index (κ3) is 3.36. The van der Waals surface area contributed by atoms with Crippen molar-refractivity contribution in [3.8, 4) is 0 Å². The van der Waals surface area contributed by atoms with Gasteiger partial charge < -0.3 is 15.5 Å². The van der Waals surface area contributed by atoms with E-state index in [2.05, 4.69) is 21.2 Å². The van der Waals surface area contributed by atoms with E-state index in [9.17, 15) is 0 Å². The van der Waals surface area contributed by atoms with Gasteiger partial charge in [0.15, 0.2) is 0 Å². The molecule has 0 saturated heterocycles. The van der Waals surface area contributed by atoms with Crippen molar-refractivity contribution < 1.29 is 4.42 Å². The quantitative estimate of drug-likeness (QED) is 0.822. The summed E-state index contributed by atoms with van der Waals surface area (Å²) in [6, 6.07) is 9.77. The van der Waals surface area contributed by atoms with E-state index in [1.165, 1.54) is 0 Å². The molecule has 0 bridgehead atoms. The zero-order valence-corrected chi connectivity index (χ0v) is 13.1. The summed E-state index contributed by atoms with van der Waals surface area (Å²) in [4.78, 5) is 0.391. The maximum Gasteiger partial charge on any atom is 0.126 e. The summed E-state index contributed by atoms with van der Waals surface area (Å²) in [6.07, 6.45) is 0. The monoisotopic (exact) mass is 338 g/mol. The van der Waals surface area contributed by atoms with Gasteiger partial charge in [-0.3, -0.25) is 0 Å². The highest BCUT2D eigenvalue weighted by Crippen LogP contribution is 2.28. The maximum absolute atomic E-state index is 5.60. The van der Waals surface area contributed by atoms with Gasteiger partial charge in [0.25, 0.3) is 0 Å². The molecule has 3 N–H and O–H groups in total. The number of anilines is 1. The highest BCUT2D eigenvalue weighted by molar-refractivity contribution is 9.10. The molecule has 1 aromatic heterocycles. The van der Waals surface area contributed by atoms with Crippen molar-refractivity contribution in [2.75, 3.05) is 5.32 Å². The summed E-state index contributed by atoms with van der Waals surface area (Å²) in [5, 5.41) is 3.38. The lowest BCUT2D eigenvalue weighted by atomic mass is 10.2. The van der Waals surface area contributed by atoms with Gasteiger partial charge in [-0.2, -0.15) is 0 Å².